The van der Waals surface area contributed by atoms with Crippen LogP contribution in [-0.2, 0) is 9.53 Å². The van der Waals surface area contributed by atoms with Crippen molar-refractivity contribution in [2.45, 2.75) is 57.7 Å². The Bertz CT molecular complexity index is 243. The molecule has 94 valence electrons. The Morgan fingerprint density at radius 1 is 1.50 bits per heavy atom. The van der Waals surface area contributed by atoms with E-state index in [2.05, 4.69) is 5.32 Å². The Hall–Kier alpha value is -0.610. The van der Waals surface area contributed by atoms with Crippen LogP contribution in [-0.4, -0.2) is 35.4 Å². The lowest BCUT2D eigenvalue weighted by Crippen LogP contribution is -2.49. The fraction of sp³-hybridized carbons (Fsp3) is 0.917. The number of nitrogens with one attached hydrogen (secondary N) is 1. The second kappa shape index (κ2) is 5.15. The van der Waals surface area contributed by atoms with Gasteiger partial charge in [-0.1, -0.05) is 13.8 Å². The van der Waals surface area contributed by atoms with Crippen molar-refractivity contribution in [3.05, 3.63) is 0 Å². The lowest BCUT2D eigenvalue weighted by Gasteiger charge is -2.28. The van der Waals surface area contributed by atoms with Gasteiger partial charge in [-0.3, -0.25) is 4.79 Å². The van der Waals surface area contributed by atoms with Gasteiger partial charge < -0.3 is 15.2 Å². The third kappa shape index (κ3) is 2.95. The highest BCUT2D eigenvalue weighted by Crippen LogP contribution is 2.25. The van der Waals surface area contributed by atoms with E-state index in [9.17, 15) is 9.90 Å². The SMILES string of the molecule is CCC(O)(CC)CNC(=O)C1(C)CCCO1. The summed E-state index contributed by atoms with van der Waals surface area (Å²) in [5, 5.41) is 12.8. The first-order valence-electron chi connectivity index (χ1n) is 6.10. The van der Waals surface area contributed by atoms with Crippen LogP contribution in [0.4, 0.5) is 0 Å². The van der Waals surface area contributed by atoms with Crippen molar-refractivity contribution in [1.82, 2.24) is 5.32 Å². The van der Waals surface area contributed by atoms with E-state index in [4.69, 9.17) is 4.74 Å². The van der Waals surface area contributed by atoms with Gasteiger partial charge in [0, 0.05) is 13.2 Å². The summed E-state index contributed by atoms with van der Waals surface area (Å²) in [7, 11) is 0. The molecule has 2 N–H and O–H groups in total. The molecule has 16 heavy (non-hydrogen) atoms. The number of hydrogen-bond donors (Lipinski definition) is 2. The van der Waals surface area contributed by atoms with Crippen LogP contribution in [0.2, 0.25) is 0 Å². The average Bonchev–Trinajstić information content (AvgIpc) is 2.74. The number of carbonyl (C=O) groups excluding carboxylic acids is 1. The van der Waals surface area contributed by atoms with Crippen LogP contribution < -0.4 is 5.32 Å². The van der Waals surface area contributed by atoms with Gasteiger partial charge in [-0.05, 0) is 32.6 Å². The summed E-state index contributed by atoms with van der Waals surface area (Å²) in [5.74, 6) is -0.106. The van der Waals surface area contributed by atoms with Gasteiger partial charge in [0.1, 0.15) is 5.60 Å². The molecule has 0 aliphatic carbocycles. The van der Waals surface area contributed by atoms with E-state index in [1.807, 2.05) is 20.8 Å². The van der Waals surface area contributed by atoms with Gasteiger partial charge >= 0.3 is 0 Å². The summed E-state index contributed by atoms with van der Waals surface area (Å²) in [6.07, 6.45) is 2.97. The van der Waals surface area contributed by atoms with Gasteiger partial charge in [0.2, 0.25) is 0 Å². The molecule has 4 heteroatoms. The quantitative estimate of drug-likeness (QED) is 0.745. The first kappa shape index (κ1) is 13.5. The van der Waals surface area contributed by atoms with Crippen molar-refractivity contribution in [2.24, 2.45) is 0 Å². The Kier molecular flexibility index (Phi) is 4.33. The lowest BCUT2D eigenvalue weighted by atomic mass is 9.96. The molecule has 0 aromatic heterocycles. The van der Waals surface area contributed by atoms with Crippen LogP contribution in [0.3, 0.4) is 0 Å². The fourth-order valence-electron chi connectivity index (χ4n) is 1.89. The molecule has 1 atom stereocenters. The highest BCUT2D eigenvalue weighted by Gasteiger charge is 2.38. The van der Waals surface area contributed by atoms with Gasteiger partial charge in [0.05, 0.1) is 5.60 Å². The molecule has 1 unspecified atom stereocenters. The number of amides is 1. The summed E-state index contributed by atoms with van der Waals surface area (Å²) in [5.41, 5.74) is -1.48. The topological polar surface area (TPSA) is 58.6 Å². The molecule has 1 rings (SSSR count). The zero-order valence-corrected chi connectivity index (χ0v) is 10.5. The van der Waals surface area contributed by atoms with E-state index >= 15 is 0 Å². The van der Waals surface area contributed by atoms with E-state index in [1.54, 1.807) is 0 Å². The zero-order valence-electron chi connectivity index (χ0n) is 10.5. The minimum atomic E-state index is -0.787. The van der Waals surface area contributed by atoms with E-state index in [0.29, 0.717) is 26.0 Å². The molecule has 1 aliphatic rings. The Morgan fingerprint density at radius 3 is 2.56 bits per heavy atom. The molecule has 0 saturated carbocycles. The number of ether oxygens (including phenoxy) is 1. The molecule has 1 amide bonds. The first-order chi connectivity index (χ1) is 7.46. The molecular formula is C12H23NO3. The molecule has 0 aromatic rings. The number of carbonyl (C=O) groups is 1. The Labute approximate surface area is 97.4 Å². The third-order valence-electron chi connectivity index (χ3n) is 3.59. The van der Waals surface area contributed by atoms with Crippen LogP contribution in [0.25, 0.3) is 0 Å². The van der Waals surface area contributed by atoms with Crippen molar-refractivity contribution >= 4 is 5.91 Å². The fourth-order valence-corrected chi connectivity index (χ4v) is 1.89. The maximum atomic E-state index is 11.9. The molecule has 0 aromatic carbocycles. The highest BCUT2D eigenvalue weighted by atomic mass is 16.5. The standard InChI is InChI=1S/C12H23NO3/c1-4-12(15,5-2)9-13-10(14)11(3)7-6-8-16-11/h15H,4-9H2,1-3H3,(H,13,14). The van der Waals surface area contributed by atoms with E-state index in [-0.39, 0.29) is 5.91 Å². The molecule has 0 bridgehead atoms. The summed E-state index contributed by atoms with van der Waals surface area (Å²) in [6, 6.07) is 0. The Balaban J connectivity index is 2.46. The summed E-state index contributed by atoms with van der Waals surface area (Å²) in [6.45, 7) is 6.60. The molecule has 0 spiro atoms. The van der Waals surface area contributed by atoms with Crippen LogP contribution in [0, 0.1) is 0 Å². The van der Waals surface area contributed by atoms with E-state index < -0.39 is 11.2 Å². The molecule has 1 fully saturated rings. The van der Waals surface area contributed by atoms with Crippen molar-refractivity contribution in [2.75, 3.05) is 13.2 Å². The largest absolute Gasteiger partial charge is 0.388 e. The lowest BCUT2D eigenvalue weighted by molar-refractivity contribution is -0.140. The number of hydrogen-bond acceptors (Lipinski definition) is 3. The summed E-state index contributed by atoms with van der Waals surface area (Å²) in [4.78, 5) is 11.9. The second-order valence-corrected chi connectivity index (χ2v) is 4.80. The second-order valence-electron chi connectivity index (χ2n) is 4.80. The van der Waals surface area contributed by atoms with Crippen LogP contribution in [0.5, 0.6) is 0 Å². The van der Waals surface area contributed by atoms with Crippen molar-refractivity contribution in [3.8, 4) is 0 Å². The van der Waals surface area contributed by atoms with Crippen LogP contribution in [0.15, 0.2) is 0 Å². The number of rotatable bonds is 5. The van der Waals surface area contributed by atoms with Gasteiger partial charge in [-0.15, -0.1) is 0 Å². The van der Waals surface area contributed by atoms with Gasteiger partial charge in [0.15, 0.2) is 0 Å². The van der Waals surface area contributed by atoms with E-state index in [0.717, 1.165) is 12.8 Å². The molecular weight excluding hydrogens is 206 g/mol. The Morgan fingerprint density at radius 2 is 2.12 bits per heavy atom. The molecule has 1 saturated heterocycles. The van der Waals surface area contributed by atoms with Gasteiger partial charge in [0.25, 0.3) is 5.91 Å². The van der Waals surface area contributed by atoms with Crippen molar-refractivity contribution in [1.29, 1.82) is 0 Å². The highest BCUT2D eigenvalue weighted by molar-refractivity contribution is 5.85. The van der Waals surface area contributed by atoms with Crippen LogP contribution >= 0.6 is 0 Å². The van der Waals surface area contributed by atoms with Gasteiger partial charge in [-0.25, -0.2) is 0 Å². The molecule has 1 aliphatic heterocycles. The third-order valence-corrected chi connectivity index (χ3v) is 3.59. The average molecular weight is 229 g/mol. The number of aliphatic hydroxyl groups is 1. The van der Waals surface area contributed by atoms with Crippen molar-refractivity contribution in [3.63, 3.8) is 0 Å². The first-order valence-corrected chi connectivity index (χ1v) is 6.10. The smallest absolute Gasteiger partial charge is 0.252 e. The molecule has 4 nitrogen and oxygen atoms in total. The van der Waals surface area contributed by atoms with E-state index in [1.165, 1.54) is 0 Å². The van der Waals surface area contributed by atoms with Crippen LogP contribution in [0.1, 0.15) is 46.5 Å². The molecule has 1 heterocycles. The maximum absolute atomic E-state index is 11.9. The predicted octanol–water partition coefficient (Wildman–Crippen LogP) is 1.22. The van der Waals surface area contributed by atoms with Gasteiger partial charge in [-0.2, -0.15) is 0 Å². The monoisotopic (exact) mass is 229 g/mol. The summed E-state index contributed by atoms with van der Waals surface area (Å²) < 4.78 is 5.44. The zero-order chi connectivity index (χ0) is 12.2. The normalized spacial score (nSPS) is 25.8. The van der Waals surface area contributed by atoms with Crippen molar-refractivity contribution < 1.29 is 14.6 Å². The minimum absolute atomic E-state index is 0.106. The maximum Gasteiger partial charge on any atom is 0.252 e. The molecule has 0 radical (unpaired) electrons. The summed E-state index contributed by atoms with van der Waals surface area (Å²) >= 11 is 0. The predicted molar refractivity (Wildman–Crippen MR) is 62.1 cm³/mol. The minimum Gasteiger partial charge on any atom is -0.388 e.